The molecule has 100 valence electrons. The van der Waals surface area contributed by atoms with E-state index in [0.29, 0.717) is 17.4 Å². The van der Waals surface area contributed by atoms with Crippen LogP contribution in [0.5, 0.6) is 11.6 Å². The summed E-state index contributed by atoms with van der Waals surface area (Å²) in [6.45, 7) is 4.54. The summed E-state index contributed by atoms with van der Waals surface area (Å²) in [6.07, 6.45) is 1.40. The largest absolute Gasteiger partial charge is 0.438 e. The van der Waals surface area contributed by atoms with Gasteiger partial charge in [0.25, 0.3) is 0 Å². The van der Waals surface area contributed by atoms with Crippen molar-refractivity contribution in [2.75, 3.05) is 11.9 Å². The minimum atomic E-state index is -0.530. The van der Waals surface area contributed by atoms with Gasteiger partial charge in [-0.25, -0.2) is 14.4 Å². The average Bonchev–Trinajstić information content (AvgIpc) is 2.39. The Morgan fingerprint density at radius 2 is 2.16 bits per heavy atom. The minimum Gasteiger partial charge on any atom is -0.438 e. The first-order chi connectivity index (χ1) is 9.11. The molecule has 0 unspecified atom stereocenters. The summed E-state index contributed by atoms with van der Waals surface area (Å²) in [6, 6.07) is 4.24. The van der Waals surface area contributed by atoms with Gasteiger partial charge in [0.1, 0.15) is 23.7 Å². The third kappa shape index (κ3) is 3.12. The first kappa shape index (κ1) is 13.5. The van der Waals surface area contributed by atoms with Gasteiger partial charge in [-0.2, -0.15) is 0 Å². The molecule has 0 amide bonds. The van der Waals surface area contributed by atoms with Gasteiger partial charge in [0.2, 0.25) is 5.88 Å². The highest BCUT2D eigenvalue weighted by molar-refractivity contribution is 6.30. The summed E-state index contributed by atoms with van der Waals surface area (Å²) in [4.78, 5) is 8.14. The molecule has 1 N–H and O–H groups in total. The fourth-order valence-corrected chi connectivity index (χ4v) is 1.65. The van der Waals surface area contributed by atoms with E-state index in [-0.39, 0.29) is 5.02 Å². The zero-order valence-electron chi connectivity index (χ0n) is 10.6. The van der Waals surface area contributed by atoms with Crippen LogP contribution in [-0.4, -0.2) is 16.5 Å². The molecule has 0 radical (unpaired) electrons. The highest BCUT2D eigenvalue weighted by Crippen LogP contribution is 2.28. The summed E-state index contributed by atoms with van der Waals surface area (Å²) in [7, 11) is 0. The molecule has 1 aromatic carbocycles. The van der Waals surface area contributed by atoms with Gasteiger partial charge in [0.05, 0.1) is 10.6 Å². The number of nitrogens with one attached hydrogen (secondary N) is 1. The van der Waals surface area contributed by atoms with Crippen molar-refractivity contribution in [1.82, 2.24) is 9.97 Å². The van der Waals surface area contributed by atoms with E-state index in [1.54, 1.807) is 6.07 Å². The summed E-state index contributed by atoms with van der Waals surface area (Å²) < 4.78 is 18.9. The van der Waals surface area contributed by atoms with Gasteiger partial charge < -0.3 is 10.1 Å². The Morgan fingerprint density at radius 3 is 2.84 bits per heavy atom. The van der Waals surface area contributed by atoms with E-state index in [2.05, 4.69) is 15.3 Å². The summed E-state index contributed by atoms with van der Waals surface area (Å²) in [5, 5.41) is 3.15. The molecule has 6 heteroatoms. The molecule has 0 aliphatic heterocycles. The molecule has 0 bridgehead atoms. The van der Waals surface area contributed by atoms with Gasteiger partial charge in [-0.15, -0.1) is 0 Å². The molecule has 0 saturated heterocycles. The van der Waals surface area contributed by atoms with E-state index in [9.17, 15) is 4.39 Å². The van der Waals surface area contributed by atoms with Crippen LogP contribution in [0.2, 0.25) is 5.02 Å². The summed E-state index contributed by atoms with van der Waals surface area (Å²) in [5.41, 5.74) is 0.764. The molecule has 0 fully saturated rings. The van der Waals surface area contributed by atoms with Crippen LogP contribution < -0.4 is 10.1 Å². The lowest BCUT2D eigenvalue weighted by molar-refractivity contribution is 0.453. The Balaban J connectivity index is 2.27. The minimum absolute atomic E-state index is 0.0556. The number of halogens is 2. The highest BCUT2D eigenvalue weighted by Gasteiger charge is 2.09. The maximum atomic E-state index is 13.3. The number of hydrogen-bond donors (Lipinski definition) is 1. The molecule has 2 rings (SSSR count). The molecular weight excluding hydrogens is 269 g/mol. The molecule has 4 nitrogen and oxygen atoms in total. The Morgan fingerprint density at radius 1 is 1.37 bits per heavy atom. The first-order valence-corrected chi connectivity index (χ1v) is 6.18. The van der Waals surface area contributed by atoms with Gasteiger partial charge >= 0.3 is 0 Å². The Labute approximate surface area is 115 Å². The van der Waals surface area contributed by atoms with Crippen molar-refractivity contribution in [1.29, 1.82) is 0 Å². The van der Waals surface area contributed by atoms with Crippen LogP contribution in [-0.2, 0) is 0 Å². The number of ether oxygens (including phenoxy) is 1. The lowest BCUT2D eigenvalue weighted by Gasteiger charge is -2.11. The zero-order chi connectivity index (χ0) is 13.8. The Hall–Kier alpha value is -1.88. The van der Waals surface area contributed by atoms with Crippen LogP contribution in [0.25, 0.3) is 0 Å². The Bertz CT molecular complexity index is 592. The van der Waals surface area contributed by atoms with Crippen molar-refractivity contribution in [3.8, 4) is 11.6 Å². The fourth-order valence-electron chi connectivity index (χ4n) is 1.53. The van der Waals surface area contributed by atoms with Crippen LogP contribution in [0, 0.1) is 12.7 Å². The molecule has 1 aromatic heterocycles. The molecule has 0 atom stereocenters. The second kappa shape index (κ2) is 5.84. The van der Waals surface area contributed by atoms with Gasteiger partial charge in [0, 0.05) is 12.6 Å². The van der Waals surface area contributed by atoms with Crippen molar-refractivity contribution in [2.45, 2.75) is 13.8 Å². The molecule has 1 heterocycles. The second-order valence-corrected chi connectivity index (χ2v) is 4.27. The smallest absolute Gasteiger partial charge is 0.227 e. The van der Waals surface area contributed by atoms with Gasteiger partial charge in [-0.1, -0.05) is 11.6 Å². The average molecular weight is 282 g/mol. The van der Waals surface area contributed by atoms with E-state index in [1.165, 1.54) is 18.5 Å². The monoisotopic (exact) mass is 281 g/mol. The lowest BCUT2D eigenvalue weighted by Crippen LogP contribution is -2.03. The van der Waals surface area contributed by atoms with Crippen molar-refractivity contribution in [2.24, 2.45) is 0 Å². The number of hydrogen-bond acceptors (Lipinski definition) is 4. The number of rotatable bonds is 4. The molecule has 0 aliphatic carbocycles. The number of benzene rings is 1. The van der Waals surface area contributed by atoms with Crippen molar-refractivity contribution >= 4 is 17.4 Å². The second-order valence-electron chi connectivity index (χ2n) is 3.86. The van der Waals surface area contributed by atoms with Crippen LogP contribution in [0.15, 0.2) is 24.5 Å². The van der Waals surface area contributed by atoms with Crippen LogP contribution in [0.3, 0.4) is 0 Å². The van der Waals surface area contributed by atoms with Crippen LogP contribution in [0.1, 0.15) is 12.5 Å². The van der Waals surface area contributed by atoms with Gasteiger partial charge in [-0.05, 0) is 26.0 Å². The summed E-state index contributed by atoms with van der Waals surface area (Å²) >= 11 is 5.62. The third-order valence-corrected chi connectivity index (χ3v) is 2.79. The molecule has 0 aliphatic rings. The lowest BCUT2D eigenvalue weighted by atomic mass is 10.3. The number of nitrogens with zero attached hydrogens (tertiary/aromatic N) is 2. The van der Waals surface area contributed by atoms with Crippen molar-refractivity contribution in [3.05, 3.63) is 40.9 Å². The maximum absolute atomic E-state index is 13.3. The van der Waals surface area contributed by atoms with E-state index in [1.807, 2.05) is 13.8 Å². The normalized spacial score (nSPS) is 10.3. The zero-order valence-corrected chi connectivity index (χ0v) is 11.3. The van der Waals surface area contributed by atoms with Crippen LogP contribution in [0.4, 0.5) is 10.2 Å². The Kier molecular flexibility index (Phi) is 4.16. The predicted molar refractivity (Wildman–Crippen MR) is 72.4 cm³/mol. The van der Waals surface area contributed by atoms with E-state index in [0.717, 1.165) is 12.1 Å². The number of aromatic nitrogens is 2. The molecule has 0 spiro atoms. The van der Waals surface area contributed by atoms with E-state index >= 15 is 0 Å². The quantitative estimate of drug-likeness (QED) is 0.926. The van der Waals surface area contributed by atoms with E-state index < -0.39 is 5.82 Å². The standard InChI is InChI=1S/C13H13ClFN3O/c1-3-16-12-8(2)13(18-7-17-12)19-9-4-5-10(14)11(15)6-9/h4-7H,3H2,1-2H3,(H,16,17,18). The van der Waals surface area contributed by atoms with Gasteiger partial charge in [-0.3, -0.25) is 0 Å². The first-order valence-electron chi connectivity index (χ1n) is 5.80. The SMILES string of the molecule is CCNc1ncnc(Oc2ccc(Cl)c(F)c2)c1C. The molecule has 0 saturated carbocycles. The van der Waals surface area contributed by atoms with Crippen LogP contribution >= 0.6 is 11.6 Å². The third-order valence-electron chi connectivity index (χ3n) is 2.49. The van der Waals surface area contributed by atoms with E-state index in [4.69, 9.17) is 16.3 Å². The predicted octanol–water partition coefficient (Wildman–Crippen LogP) is 3.80. The molecule has 19 heavy (non-hydrogen) atoms. The highest BCUT2D eigenvalue weighted by atomic mass is 35.5. The van der Waals surface area contributed by atoms with Crippen molar-refractivity contribution in [3.63, 3.8) is 0 Å². The molecule has 2 aromatic rings. The van der Waals surface area contributed by atoms with Crippen molar-refractivity contribution < 1.29 is 9.13 Å². The summed E-state index contributed by atoms with van der Waals surface area (Å²) in [5.74, 6) is 0.888. The topological polar surface area (TPSA) is 47.0 Å². The van der Waals surface area contributed by atoms with Gasteiger partial charge in [0.15, 0.2) is 0 Å². The maximum Gasteiger partial charge on any atom is 0.227 e. The molecular formula is C13H13ClFN3O. The fraction of sp³-hybridized carbons (Fsp3) is 0.231. The number of anilines is 1.